The Labute approximate surface area is 101 Å². The summed E-state index contributed by atoms with van der Waals surface area (Å²) in [6.07, 6.45) is 0. The number of rotatable bonds is 5. The van der Waals surface area contributed by atoms with Crippen LogP contribution in [0.2, 0.25) is 0 Å². The monoisotopic (exact) mass is 241 g/mol. The Bertz CT molecular complexity index is 347. The van der Waals surface area contributed by atoms with Crippen LogP contribution in [-0.2, 0) is 4.79 Å². The average Bonchev–Trinajstić information content (AvgIpc) is 2.65. The lowest BCUT2D eigenvalue weighted by molar-refractivity contribution is -0.120. The number of hydrogen-bond donors (Lipinski definition) is 1. The Morgan fingerprint density at radius 3 is 2.62 bits per heavy atom. The van der Waals surface area contributed by atoms with Crippen LogP contribution in [0.25, 0.3) is 0 Å². The molecule has 1 N–H and O–H groups in total. The summed E-state index contributed by atoms with van der Waals surface area (Å²) in [5.41, 5.74) is 0.941. The lowest BCUT2D eigenvalue weighted by atomic mass is 10.2. The number of hydrogen-bond acceptors (Lipinski definition) is 4. The highest BCUT2D eigenvalue weighted by Crippen LogP contribution is 2.16. The summed E-state index contributed by atoms with van der Waals surface area (Å²) >= 11 is 1.32. The summed E-state index contributed by atoms with van der Waals surface area (Å²) in [6, 6.07) is 1.79. The first-order chi connectivity index (χ1) is 7.58. The molecule has 0 spiro atoms. The molecule has 5 heteroatoms. The Kier molecular flexibility index (Phi) is 4.89. The van der Waals surface area contributed by atoms with Gasteiger partial charge in [-0.25, -0.2) is 0 Å². The Morgan fingerprint density at radius 1 is 1.56 bits per heavy atom. The number of anilines is 1. The number of nitrogens with one attached hydrogen (secondary N) is 1. The van der Waals surface area contributed by atoms with E-state index >= 15 is 0 Å². The Morgan fingerprint density at radius 2 is 2.19 bits per heavy atom. The van der Waals surface area contributed by atoms with E-state index in [4.69, 9.17) is 0 Å². The van der Waals surface area contributed by atoms with Crippen LogP contribution < -0.4 is 5.32 Å². The van der Waals surface area contributed by atoms with Crippen molar-refractivity contribution in [3.63, 3.8) is 0 Å². The van der Waals surface area contributed by atoms with E-state index in [0.29, 0.717) is 0 Å². The molecule has 0 aliphatic rings. The van der Waals surface area contributed by atoms with Crippen LogP contribution in [0.15, 0.2) is 6.07 Å². The fraction of sp³-hybridized carbons (Fsp3) is 0.636. The second-order valence-electron chi connectivity index (χ2n) is 3.72. The van der Waals surface area contributed by atoms with Gasteiger partial charge >= 0.3 is 0 Å². The third kappa shape index (κ3) is 3.28. The molecule has 0 aromatic carbocycles. The molecule has 16 heavy (non-hydrogen) atoms. The van der Waals surface area contributed by atoms with Crippen molar-refractivity contribution in [1.82, 2.24) is 9.27 Å². The lowest BCUT2D eigenvalue weighted by Crippen LogP contribution is -2.41. The van der Waals surface area contributed by atoms with Crippen LogP contribution in [0.3, 0.4) is 0 Å². The maximum absolute atomic E-state index is 11.9. The van der Waals surface area contributed by atoms with Gasteiger partial charge in [0.25, 0.3) is 0 Å². The first kappa shape index (κ1) is 13.1. The van der Waals surface area contributed by atoms with E-state index in [2.05, 4.69) is 28.4 Å². The van der Waals surface area contributed by atoms with Gasteiger partial charge in [-0.2, -0.15) is 4.37 Å². The Balaban J connectivity index is 2.58. The van der Waals surface area contributed by atoms with Gasteiger partial charge in [-0.05, 0) is 44.5 Å². The number of amides is 1. The lowest BCUT2D eigenvalue weighted by Gasteiger charge is -2.24. The summed E-state index contributed by atoms with van der Waals surface area (Å²) < 4.78 is 4.13. The minimum absolute atomic E-state index is 0.0346. The van der Waals surface area contributed by atoms with E-state index in [1.165, 1.54) is 11.5 Å². The van der Waals surface area contributed by atoms with E-state index < -0.39 is 0 Å². The van der Waals surface area contributed by atoms with Gasteiger partial charge in [0.2, 0.25) is 5.91 Å². The molecule has 1 rings (SSSR count). The fourth-order valence-electron chi connectivity index (χ4n) is 1.59. The van der Waals surface area contributed by atoms with Crippen LogP contribution in [-0.4, -0.2) is 34.3 Å². The molecule has 0 bridgehead atoms. The van der Waals surface area contributed by atoms with Gasteiger partial charge in [-0.15, -0.1) is 0 Å². The number of nitrogens with zero attached hydrogens (tertiary/aromatic N) is 2. The average molecular weight is 241 g/mol. The van der Waals surface area contributed by atoms with Crippen molar-refractivity contribution in [3.8, 4) is 0 Å². The predicted molar refractivity (Wildman–Crippen MR) is 67.9 cm³/mol. The third-order valence-corrected chi connectivity index (χ3v) is 3.41. The molecule has 0 aliphatic carbocycles. The zero-order chi connectivity index (χ0) is 12.1. The molecule has 0 radical (unpaired) electrons. The topological polar surface area (TPSA) is 45.2 Å². The number of carbonyl (C=O) groups is 1. The van der Waals surface area contributed by atoms with Crippen LogP contribution in [0.5, 0.6) is 0 Å². The second-order valence-corrected chi connectivity index (χ2v) is 4.52. The summed E-state index contributed by atoms with van der Waals surface area (Å²) in [4.78, 5) is 14.0. The third-order valence-electron chi connectivity index (χ3n) is 2.61. The van der Waals surface area contributed by atoms with Gasteiger partial charge in [0.05, 0.1) is 11.7 Å². The molecule has 1 aromatic rings. The van der Waals surface area contributed by atoms with Crippen LogP contribution in [0.4, 0.5) is 5.00 Å². The smallest absolute Gasteiger partial charge is 0.242 e. The second kappa shape index (κ2) is 5.96. The van der Waals surface area contributed by atoms with Crippen molar-refractivity contribution in [2.75, 3.05) is 18.4 Å². The highest BCUT2D eigenvalue weighted by molar-refractivity contribution is 7.10. The maximum atomic E-state index is 11.9. The molecule has 0 saturated carbocycles. The number of likely N-dealkylation sites (N-methyl/N-ethyl adjacent to an activating group) is 1. The van der Waals surface area contributed by atoms with Crippen LogP contribution >= 0.6 is 11.5 Å². The number of aryl methyl sites for hydroxylation is 1. The van der Waals surface area contributed by atoms with E-state index in [0.717, 1.165) is 23.8 Å². The fourth-order valence-corrected chi connectivity index (χ4v) is 2.25. The van der Waals surface area contributed by atoms with Crippen LogP contribution in [0, 0.1) is 6.92 Å². The number of aromatic nitrogens is 1. The van der Waals surface area contributed by atoms with Crippen molar-refractivity contribution in [1.29, 1.82) is 0 Å². The molecular formula is C11H19N3OS. The van der Waals surface area contributed by atoms with Crippen molar-refractivity contribution >= 4 is 22.4 Å². The zero-order valence-corrected chi connectivity index (χ0v) is 11.1. The van der Waals surface area contributed by atoms with Crippen molar-refractivity contribution < 1.29 is 4.79 Å². The van der Waals surface area contributed by atoms with Crippen molar-refractivity contribution in [3.05, 3.63) is 11.8 Å². The van der Waals surface area contributed by atoms with E-state index in [1.54, 1.807) is 0 Å². The molecule has 90 valence electrons. The summed E-state index contributed by atoms with van der Waals surface area (Å²) in [6.45, 7) is 9.73. The quantitative estimate of drug-likeness (QED) is 0.859. The van der Waals surface area contributed by atoms with Gasteiger partial charge < -0.3 is 5.32 Å². The molecule has 1 aromatic heterocycles. The largest absolute Gasteiger partial charge is 0.315 e. The molecule has 4 nitrogen and oxygen atoms in total. The highest BCUT2D eigenvalue weighted by atomic mass is 32.1. The molecule has 0 saturated heterocycles. The summed E-state index contributed by atoms with van der Waals surface area (Å²) in [7, 11) is 0. The highest BCUT2D eigenvalue weighted by Gasteiger charge is 2.19. The van der Waals surface area contributed by atoms with E-state index in [-0.39, 0.29) is 11.9 Å². The van der Waals surface area contributed by atoms with Crippen molar-refractivity contribution in [2.24, 2.45) is 0 Å². The molecular weight excluding hydrogens is 222 g/mol. The molecule has 1 unspecified atom stereocenters. The first-order valence-corrected chi connectivity index (χ1v) is 6.34. The molecule has 1 amide bonds. The molecule has 1 atom stereocenters. The molecule has 0 aliphatic heterocycles. The van der Waals surface area contributed by atoms with Gasteiger partial charge in [0.1, 0.15) is 5.00 Å². The minimum atomic E-state index is -0.0996. The van der Waals surface area contributed by atoms with Crippen LogP contribution in [0.1, 0.15) is 26.5 Å². The summed E-state index contributed by atoms with van der Waals surface area (Å²) in [5, 5.41) is 3.71. The van der Waals surface area contributed by atoms with Gasteiger partial charge in [0.15, 0.2) is 0 Å². The predicted octanol–water partition coefficient (Wildman–Crippen LogP) is 2.12. The minimum Gasteiger partial charge on any atom is -0.315 e. The first-order valence-electron chi connectivity index (χ1n) is 5.56. The van der Waals surface area contributed by atoms with Crippen molar-refractivity contribution in [2.45, 2.75) is 33.7 Å². The van der Waals surface area contributed by atoms with Gasteiger partial charge in [0, 0.05) is 0 Å². The van der Waals surface area contributed by atoms with Gasteiger partial charge in [-0.1, -0.05) is 13.8 Å². The SMILES string of the molecule is CCN(CC)C(C)C(=O)Nc1cc(C)ns1. The van der Waals surface area contributed by atoms with E-state index in [9.17, 15) is 4.79 Å². The maximum Gasteiger partial charge on any atom is 0.242 e. The molecule has 1 heterocycles. The zero-order valence-electron chi connectivity index (χ0n) is 10.3. The summed E-state index contributed by atoms with van der Waals surface area (Å²) in [5.74, 6) is 0.0346. The van der Waals surface area contributed by atoms with Gasteiger partial charge in [-0.3, -0.25) is 9.69 Å². The normalized spacial score (nSPS) is 12.8. The Hall–Kier alpha value is -0.940. The number of carbonyl (C=O) groups excluding carboxylic acids is 1. The van der Waals surface area contributed by atoms with E-state index in [1.807, 2.05) is 19.9 Å². The molecule has 0 fully saturated rings. The standard InChI is InChI=1S/C11H19N3OS/c1-5-14(6-2)9(4)11(15)12-10-7-8(3)13-16-10/h7,9H,5-6H2,1-4H3,(H,12,15).